The minimum Gasteiger partial charge on any atom is -0.481 e. The summed E-state index contributed by atoms with van der Waals surface area (Å²) in [5.74, 6) is 0.240. The van der Waals surface area contributed by atoms with Gasteiger partial charge in [0.25, 0.3) is 5.91 Å². The molecule has 0 heterocycles. The largest absolute Gasteiger partial charge is 0.481 e. The number of carbonyl (C=O) groups is 11. The molecule has 0 bridgehead atoms. The molecule has 506 valence electrons. The van der Waals surface area contributed by atoms with Crippen LogP contribution in [0, 0.1) is 6.92 Å². The minimum atomic E-state index is -0.939. The molecule has 0 aliphatic rings. The van der Waals surface area contributed by atoms with E-state index in [2.05, 4.69) is 194 Å². The number of hydrogen-bond acceptors (Lipinski definition) is 25. The second-order valence-electron chi connectivity index (χ2n) is 19.7. The van der Waals surface area contributed by atoms with Crippen molar-refractivity contribution in [3.63, 3.8) is 0 Å². The van der Waals surface area contributed by atoms with Crippen LogP contribution >= 0.6 is 152 Å². The zero-order valence-electron chi connectivity index (χ0n) is 50.0. The monoisotopic (exact) mass is 1460 g/mol. The molecule has 0 saturated carbocycles. The fraction of sp³-hybridized carbons (Fsp3) is 0.685. The Bertz CT molecular complexity index is 2120. The van der Waals surface area contributed by atoms with Gasteiger partial charge in [0, 0.05) is 81.0 Å². The first-order valence-electron chi connectivity index (χ1n) is 27.9. The number of carboxylic acid groups (broad SMARTS) is 1. The van der Waals surface area contributed by atoms with Crippen LogP contribution in [0.3, 0.4) is 0 Å². The molecule has 0 fully saturated rings. The van der Waals surface area contributed by atoms with Crippen LogP contribution in [-0.4, -0.2) is 214 Å². The van der Waals surface area contributed by atoms with Crippen LogP contribution in [0.25, 0.3) is 0 Å². The first-order chi connectivity index (χ1) is 41.5. The van der Waals surface area contributed by atoms with Crippen LogP contribution in [0.15, 0.2) is 24.3 Å². The predicted octanol–water partition coefficient (Wildman–Crippen LogP) is 2.80. The van der Waals surface area contributed by atoms with Crippen molar-refractivity contribution in [2.45, 2.75) is 123 Å². The number of ketones is 2. The first kappa shape index (κ1) is 90.1. The maximum atomic E-state index is 12.1. The summed E-state index contributed by atoms with van der Waals surface area (Å²) in [4.78, 5) is 125. The van der Waals surface area contributed by atoms with Crippen molar-refractivity contribution in [3.8, 4) is 0 Å². The third-order valence-electron chi connectivity index (χ3n) is 11.2. The second-order valence-corrected chi connectivity index (χ2v) is 26.0. The molecule has 1 aromatic carbocycles. The van der Waals surface area contributed by atoms with Crippen LogP contribution in [0.2, 0.25) is 0 Å². The number of hydrogen-bond donors (Lipinski definition) is 21. The number of ether oxygens (including phenoxy) is 2. The zero-order chi connectivity index (χ0) is 67.5. The van der Waals surface area contributed by atoms with Gasteiger partial charge in [0.1, 0.15) is 26.4 Å². The number of aliphatic carboxylic acids is 1. The van der Waals surface area contributed by atoms with Crippen molar-refractivity contribution >= 4 is 216 Å². The standard InChI is InChI=1S/C17H26N2O2S3.2C13H24N2O4S3.C11H20N2O4S3/c1-12-4-6-13(7-5-12)17(21)18-11-16(20)19-14(3-2-9-22)15(24)8-10-23;1-9(16)7-19-8-13(18)15-6-12(17)14-5-11(22)4-10(21)2-3-20;16-11(2-1-3-13(18)19)15-8-12(17)14-7-10(22)6-9(21)4-5-20;1-8(14)3-17-4-10(16)12-2-9(15)13-11(5-18,6-19)7-20/h4-7,14-15,22-24H,2-3,8-11H2,1H3,(H,18,21)(H,19,20);10-11,20-22H,2-8H2,1H3,(H,14,17)(H,15,18);9-10,20-22H,1-8H2,(H,14,17)(H,15,16)(H,18,19);18-20H,2-7H2,1H3,(H,12,16)(H,13,15). The number of carbonyl (C=O) groups excluding carboxylic acids is 10. The minimum absolute atomic E-state index is 0.000866. The maximum Gasteiger partial charge on any atom is 0.303 e. The van der Waals surface area contributed by atoms with E-state index >= 15 is 0 Å². The smallest absolute Gasteiger partial charge is 0.303 e. The highest BCUT2D eigenvalue weighted by atomic mass is 32.1. The van der Waals surface area contributed by atoms with E-state index in [1.165, 1.54) is 13.8 Å². The number of amides is 8. The lowest BCUT2D eigenvalue weighted by atomic mass is 10.1. The molecule has 0 radical (unpaired) electrons. The van der Waals surface area contributed by atoms with Crippen molar-refractivity contribution in [1.82, 2.24) is 42.5 Å². The SMILES string of the molecule is CC(=O)COCC(=O)NCC(=O)NC(CS)(CS)CS.CC(=O)COCC(=O)NCC(=O)NCC(S)CC(S)CCS.Cc1ccc(C(=O)NCC(=O)NC(CCCS)C(S)CCS)cc1.O=C(O)CCCC(=O)NCC(=O)NCC(S)CC(S)CCS. The molecular formula is C54H94N8O14S12. The van der Waals surface area contributed by atoms with Crippen LogP contribution in [0.4, 0.5) is 0 Å². The Labute approximate surface area is 585 Å². The van der Waals surface area contributed by atoms with E-state index in [-0.39, 0.29) is 151 Å². The summed E-state index contributed by atoms with van der Waals surface area (Å²) in [6.07, 6.45) is 6.09. The van der Waals surface area contributed by atoms with Gasteiger partial charge in [-0.25, -0.2) is 0 Å². The molecule has 1 aromatic rings. The molecule has 1 rings (SSSR count). The van der Waals surface area contributed by atoms with Crippen molar-refractivity contribution in [3.05, 3.63) is 35.4 Å². The van der Waals surface area contributed by atoms with Crippen LogP contribution < -0.4 is 42.5 Å². The first-order valence-corrected chi connectivity index (χ1v) is 34.9. The number of carboxylic acids is 1. The molecule has 9 N–H and O–H groups in total. The highest BCUT2D eigenvalue weighted by Gasteiger charge is 2.28. The highest BCUT2D eigenvalue weighted by Crippen LogP contribution is 2.16. The molecule has 0 aliphatic carbocycles. The van der Waals surface area contributed by atoms with E-state index in [4.69, 9.17) is 14.6 Å². The molecule has 88 heavy (non-hydrogen) atoms. The van der Waals surface area contributed by atoms with Crippen LogP contribution in [-0.2, 0) is 57.4 Å². The lowest BCUT2D eigenvalue weighted by Crippen LogP contribution is -2.55. The molecule has 0 spiro atoms. The Balaban J connectivity index is -0.00000110. The average Bonchev–Trinajstić information content (AvgIpc) is 3.63. The Morgan fingerprint density at radius 1 is 0.477 bits per heavy atom. The van der Waals surface area contributed by atoms with Gasteiger partial charge in [0.2, 0.25) is 41.4 Å². The Morgan fingerprint density at radius 2 is 0.909 bits per heavy atom. The second kappa shape index (κ2) is 57.6. The molecule has 8 amide bonds. The molecule has 34 heteroatoms. The van der Waals surface area contributed by atoms with Crippen molar-refractivity contribution in [2.75, 3.05) is 106 Å². The summed E-state index contributed by atoms with van der Waals surface area (Å²) in [6.45, 7) is 4.27. The van der Waals surface area contributed by atoms with Gasteiger partial charge in [-0.2, -0.15) is 152 Å². The van der Waals surface area contributed by atoms with Crippen molar-refractivity contribution < 1.29 is 67.3 Å². The Hall–Kier alpha value is -2.09. The van der Waals surface area contributed by atoms with Gasteiger partial charge in [0.05, 0.1) is 31.7 Å². The fourth-order valence-corrected chi connectivity index (χ4v) is 11.7. The van der Waals surface area contributed by atoms with Gasteiger partial charge < -0.3 is 57.1 Å². The summed E-state index contributed by atoms with van der Waals surface area (Å²) >= 11 is 51.3. The van der Waals surface area contributed by atoms with Gasteiger partial charge in [-0.15, -0.1) is 0 Å². The summed E-state index contributed by atoms with van der Waals surface area (Å²) < 4.78 is 9.66. The number of Topliss-reactive ketones (excluding diaryl/α,β-unsaturated/α-hetero) is 2. The summed E-state index contributed by atoms with van der Waals surface area (Å²) in [6, 6.07) is 7.18. The van der Waals surface area contributed by atoms with Crippen molar-refractivity contribution in [2.24, 2.45) is 0 Å². The van der Waals surface area contributed by atoms with Gasteiger partial charge in [-0.3, -0.25) is 52.7 Å². The third kappa shape index (κ3) is 54.5. The number of aryl methyl sites for hydroxylation is 1. The molecule has 0 aliphatic heterocycles. The van der Waals surface area contributed by atoms with Gasteiger partial charge in [-0.1, -0.05) is 17.7 Å². The lowest BCUT2D eigenvalue weighted by molar-refractivity contribution is -0.137. The number of rotatable bonds is 44. The molecule has 0 saturated heterocycles. The molecule has 0 aromatic heterocycles. The maximum absolute atomic E-state index is 12.1. The quantitative estimate of drug-likeness (QED) is 0.0418. The molecule has 6 unspecified atom stereocenters. The Kier molecular flexibility index (Phi) is 58.9. The topological polar surface area (TPSA) is 323 Å². The lowest BCUT2D eigenvalue weighted by Gasteiger charge is -2.30. The van der Waals surface area contributed by atoms with E-state index in [0.29, 0.717) is 41.7 Å². The molecule has 22 nitrogen and oxygen atoms in total. The van der Waals surface area contributed by atoms with E-state index in [0.717, 1.165) is 67.8 Å². The number of thiol groups is 12. The fourth-order valence-electron chi connectivity index (χ4n) is 6.46. The summed E-state index contributed by atoms with van der Waals surface area (Å²) in [5.41, 5.74) is 1.02. The Morgan fingerprint density at radius 3 is 1.32 bits per heavy atom. The van der Waals surface area contributed by atoms with Crippen LogP contribution in [0.1, 0.15) is 94.0 Å². The normalized spacial score (nSPS) is 12.7. The van der Waals surface area contributed by atoms with Gasteiger partial charge in [-0.05, 0) is 107 Å². The average molecular weight is 1460 g/mol. The molecule has 6 atom stereocenters. The predicted molar refractivity (Wildman–Crippen MR) is 389 cm³/mol. The summed E-state index contributed by atoms with van der Waals surface area (Å²) in [7, 11) is 0. The number of benzene rings is 1. The highest BCUT2D eigenvalue weighted by molar-refractivity contribution is 7.83. The van der Waals surface area contributed by atoms with E-state index in [1.807, 2.05) is 19.1 Å². The summed E-state index contributed by atoms with van der Waals surface area (Å²) in [5, 5.41) is 29.8. The third-order valence-corrected chi connectivity index (χ3v) is 16.5. The van der Waals surface area contributed by atoms with Crippen molar-refractivity contribution in [1.29, 1.82) is 0 Å². The van der Waals surface area contributed by atoms with E-state index in [1.54, 1.807) is 12.1 Å². The van der Waals surface area contributed by atoms with E-state index in [9.17, 15) is 52.7 Å². The van der Waals surface area contributed by atoms with E-state index < -0.39 is 23.3 Å². The van der Waals surface area contributed by atoms with Gasteiger partial charge >= 0.3 is 5.97 Å². The zero-order valence-corrected chi connectivity index (χ0v) is 60.7. The van der Waals surface area contributed by atoms with Gasteiger partial charge in [0.15, 0.2) is 11.6 Å². The number of nitrogens with one attached hydrogen (secondary N) is 8. The molecular weight excluding hydrogens is 1370 g/mol. The van der Waals surface area contributed by atoms with Crippen LogP contribution in [0.5, 0.6) is 0 Å².